The van der Waals surface area contributed by atoms with E-state index in [9.17, 15) is 0 Å². The zero-order valence-electron chi connectivity index (χ0n) is 13.8. The van der Waals surface area contributed by atoms with Crippen molar-refractivity contribution in [2.45, 2.75) is 26.3 Å². The lowest BCUT2D eigenvalue weighted by Crippen LogP contribution is -2.14. The van der Waals surface area contributed by atoms with E-state index in [2.05, 4.69) is 44.7 Å². The molecule has 5 heteroatoms. The number of allylic oxidation sites excluding steroid dienone is 6. The summed E-state index contributed by atoms with van der Waals surface area (Å²) in [5, 5.41) is 6.44. The SMILES string of the molecule is CC=N/C=C\[C@@H](C)Nc1cc(NC)nc(C2=CCC=CC=C2)n1. The number of nitrogens with one attached hydrogen (secondary N) is 2. The maximum absolute atomic E-state index is 4.63. The Bertz CT molecular complexity index is 668. The Hall–Kier alpha value is -2.69. The van der Waals surface area contributed by atoms with Crippen molar-refractivity contribution in [1.82, 2.24) is 9.97 Å². The Kier molecular flexibility index (Phi) is 6.29. The highest BCUT2D eigenvalue weighted by Gasteiger charge is 2.08. The summed E-state index contributed by atoms with van der Waals surface area (Å²) in [5.74, 6) is 2.28. The molecule has 1 heterocycles. The minimum Gasteiger partial charge on any atom is -0.373 e. The summed E-state index contributed by atoms with van der Waals surface area (Å²) in [6.07, 6.45) is 16.7. The van der Waals surface area contributed by atoms with E-state index in [0.29, 0.717) is 5.82 Å². The molecule has 0 fully saturated rings. The molecular weight excluding hydrogens is 286 g/mol. The number of nitrogens with zero attached hydrogens (tertiary/aromatic N) is 3. The van der Waals surface area contributed by atoms with Crippen LogP contribution in [0.15, 0.2) is 53.7 Å². The number of aromatic nitrogens is 2. The normalized spacial score (nSPS) is 15.7. The topological polar surface area (TPSA) is 62.2 Å². The highest BCUT2D eigenvalue weighted by atomic mass is 15.1. The third kappa shape index (κ3) is 5.21. The largest absolute Gasteiger partial charge is 0.373 e. The predicted octanol–water partition coefficient (Wildman–Crippen LogP) is 3.82. The van der Waals surface area contributed by atoms with Gasteiger partial charge < -0.3 is 10.6 Å². The summed E-state index contributed by atoms with van der Waals surface area (Å²) in [6, 6.07) is 2.02. The van der Waals surface area contributed by atoms with Crippen LogP contribution in [0.4, 0.5) is 11.6 Å². The highest BCUT2D eigenvalue weighted by Crippen LogP contribution is 2.20. The van der Waals surface area contributed by atoms with E-state index in [1.165, 1.54) is 0 Å². The van der Waals surface area contributed by atoms with Gasteiger partial charge in [0, 0.05) is 37.1 Å². The quantitative estimate of drug-likeness (QED) is 0.784. The zero-order valence-corrected chi connectivity index (χ0v) is 13.8. The first-order valence-electron chi connectivity index (χ1n) is 7.74. The van der Waals surface area contributed by atoms with Gasteiger partial charge in [0.15, 0.2) is 5.82 Å². The molecule has 2 N–H and O–H groups in total. The molecule has 0 amide bonds. The van der Waals surface area contributed by atoms with Gasteiger partial charge in [-0.1, -0.05) is 30.4 Å². The molecule has 0 aliphatic heterocycles. The Morgan fingerprint density at radius 2 is 2.09 bits per heavy atom. The van der Waals surface area contributed by atoms with Crippen LogP contribution in [0, 0.1) is 0 Å². The second-order valence-corrected chi connectivity index (χ2v) is 5.08. The van der Waals surface area contributed by atoms with Gasteiger partial charge >= 0.3 is 0 Å². The molecule has 1 aliphatic carbocycles. The summed E-state index contributed by atoms with van der Waals surface area (Å²) in [6.45, 7) is 3.94. The fraction of sp³-hybridized carbons (Fsp3) is 0.278. The maximum Gasteiger partial charge on any atom is 0.163 e. The molecule has 0 aromatic carbocycles. The molecule has 1 atom stereocenters. The first-order chi connectivity index (χ1) is 11.2. The van der Waals surface area contributed by atoms with Gasteiger partial charge in [0.25, 0.3) is 0 Å². The van der Waals surface area contributed by atoms with Gasteiger partial charge in [-0.2, -0.15) is 0 Å². The molecule has 2 rings (SSSR count). The van der Waals surface area contributed by atoms with Gasteiger partial charge in [-0.15, -0.1) is 0 Å². The highest BCUT2D eigenvalue weighted by molar-refractivity contribution is 5.72. The summed E-state index contributed by atoms with van der Waals surface area (Å²) in [7, 11) is 1.86. The van der Waals surface area contributed by atoms with Gasteiger partial charge in [-0.25, -0.2) is 9.97 Å². The van der Waals surface area contributed by atoms with Gasteiger partial charge in [0.2, 0.25) is 0 Å². The molecular formula is C18H23N5. The fourth-order valence-electron chi connectivity index (χ4n) is 2.07. The monoisotopic (exact) mass is 309 g/mol. The van der Waals surface area contributed by atoms with Crippen molar-refractivity contribution < 1.29 is 0 Å². The zero-order chi connectivity index (χ0) is 16.5. The van der Waals surface area contributed by atoms with Gasteiger partial charge in [-0.05, 0) is 26.3 Å². The van der Waals surface area contributed by atoms with Crippen molar-refractivity contribution in [2.75, 3.05) is 17.7 Å². The van der Waals surface area contributed by atoms with Crippen LogP contribution < -0.4 is 10.6 Å². The van der Waals surface area contributed by atoms with Crippen molar-refractivity contribution in [2.24, 2.45) is 4.99 Å². The molecule has 0 saturated carbocycles. The Labute approximate surface area is 137 Å². The molecule has 1 aromatic rings. The molecule has 0 bridgehead atoms. The average Bonchev–Trinajstić information content (AvgIpc) is 2.84. The van der Waals surface area contributed by atoms with E-state index in [1.54, 1.807) is 12.4 Å². The Balaban J connectivity index is 2.23. The van der Waals surface area contributed by atoms with E-state index < -0.39 is 0 Å². The number of anilines is 2. The van der Waals surface area contributed by atoms with Crippen LogP contribution >= 0.6 is 0 Å². The third-order valence-corrected chi connectivity index (χ3v) is 3.22. The molecule has 1 aliphatic rings. The van der Waals surface area contributed by atoms with E-state index >= 15 is 0 Å². The van der Waals surface area contributed by atoms with Crippen LogP contribution in [0.25, 0.3) is 5.57 Å². The second-order valence-electron chi connectivity index (χ2n) is 5.08. The molecule has 0 saturated heterocycles. The molecule has 23 heavy (non-hydrogen) atoms. The smallest absolute Gasteiger partial charge is 0.163 e. The molecule has 0 radical (unpaired) electrons. The minimum absolute atomic E-state index is 0.117. The van der Waals surface area contributed by atoms with Gasteiger partial charge in [0.1, 0.15) is 11.6 Å². The van der Waals surface area contributed by atoms with Crippen molar-refractivity contribution in [1.29, 1.82) is 0 Å². The third-order valence-electron chi connectivity index (χ3n) is 3.22. The lowest BCUT2D eigenvalue weighted by molar-refractivity contribution is 0.965. The van der Waals surface area contributed by atoms with Crippen LogP contribution in [0.3, 0.4) is 0 Å². The van der Waals surface area contributed by atoms with Crippen LogP contribution in [-0.2, 0) is 0 Å². The number of hydrogen-bond acceptors (Lipinski definition) is 5. The van der Waals surface area contributed by atoms with Crippen LogP contribution in [0.1, 0.15) is 26.1 Å². The Morgan fingerprint density at radius 1 is 1.26 bits per heavy atom. The maximum atomic E-state index is 4.63. The van der Waals surface area contributed by atoms with Crippen LogP contribution in [0.5, 0.6) is 0 Å². The van der Waals surface area contributed by atoms with E-state index in [4.69, 9.17) is 0 Å². The average molecular weight is 309 g/mol. The second kappa shape index (κ2) is 8.68. The fourth-order valence-corrected chi connectivity index (χ4v) is 2.07. The predicted molar refractivity (Wildman–Crippen MR) is 98.8 cm³/mol. The molecule has 0 unspecified atom stereocenters. The molecule has 1 aromatic heterocycles. The van der Waals surface area contributed by atoms with Crippen molar-refractivity contribution in [3.63, 3.8) is 0 Å². The van der Waals surface area contributed by atoms with Crippen molar-refractivity contribution in [3.8, 4) is 0 Å². The van der Waals surface area contributed by atoms with Gasteiger partial charge in [0.05, 0.1) is 0 Å². The van der Waals surface area contributed by atoms with Crippen LogP contribution in [-0.4, -0.2) is 29.3 Å². The lowest BCUT2D eigenvalue weighted by Gasteiger charge is -2.13. The first-order valence-corrected chi connectivity index (χ1v) is 7.74. The number of hydrogen-bond donors (Lipinski definition) is 2. The summed E-state index contributed by atoms with van der Waals surface area (Å²) < 4.78 is 0. The standard InChI is InChI=1S/C18H23N5/c1-4-20-12-11-14(2)21-17-13-16(19-3)22-18(23-17)15-9-7-5-6-8-10-15/h4-7,9-14H,8H2,1-3H3,(H2,19,21,22,23)/b12-11-,20-4?/t14-/m1/s1. The molecule has 5 nitrogen and oxygen atoms in total. The summed E-state index contributed by atoms with van der Waals surface area (Å²) in [5.41, 5.74) is 1.02. The molecule has 120 valence electrons. The summed E-state index contributed by atoms with van der Waals surface area (Å²) in [4.78, 5) is 13.3. The van der Waals surface area contributed by atoms with E-state index in [-0.39, 0.29) is 6.04 Å². The number of rotatable bonds is 6. The Morgan fingerprint density at radius 3 is 2.87 bits per heavy atom. The minimum atomic E-state index is 0.117. The van der Waals surface area contributed by atoms with Crippen LogP contribution in [0.2, 0.25) is 0 Å². The van der Waals surface area contributed by atoms with E-state index in [1.807, 2.05) is 44.3 Å². The van der Waals surface area contributed by atoms with E-state index in [0.717, 1.165) is 23.6 Å². The molecule has 0 spiro atoms. The summed E-state index contributed by atoms with van der Waals surface area (Å²) >= 11 is 0. The van der Waals surface area contributed by atoms with Crippen molar-refractivity contribution >= 4 is 23.4 Å². The number of aliphatic imine (C=N–C) groups is 1. The van der Waals surface area contributed by atoms with Crippen molar-refractivity contribution in [3.05, 3.63) is 54.5 Å². The van der Waals surface area contributed by atoms with Gasteiger partial charge in [-0.3, -0.25) is 4.99 Å². The lowest BCUT2D eigenvalue weighted by atomic mass is 10.2. The first kappa shape index (κ1) is 16.7.